The molecule has 5 nitrogen and oxygen atoms in total. The molecule has 21 heavy (non-hydrogen) atoms. The van der Waals surface area contributed by atoms with Crippen LogP contribution >= 0.6 is 0 Å². The number of amides is 1. The number of hydrogen-bond acceptors (Lipinski definition) is 4. The van der Waals surface area contributed by atoms with Crippen molar-refractivity contribution in [3.05, 3.63) is 29.3 Å². The Morgan fingerprint density at radius 1 is 1.38 bits per heavy atom. The van der Waals surface area contributed by atoms with Crippen LogP contribution in [-0.2, 0) is 9.53 Å². The zero-order valence-corrected chi connectivity index (χ0v) is 12.6. The number of ether oxygens (including phenoxy) is 2. The van der Waals surface area contributed by atoms with Crippen molar-refractivity contribution in [3.8, 4) is 5.75 Å². The second-order valence-electron chi connectivity index (χ2n) is 5.66. The average molecular weight is 293 g/mol. The first-order chi connectivity index (χ1) is 10.0. The summed E-state index contributed by atoms with van der Waals surface area (Å²) < 4.78 is 10.9. The molecule has 1 aromatic carbocycles. The van der Waals surface area contributed by atoms with Crippen LogP contribution in [0, 0.1) is 13.8 Å². The van der Waals surface area contributed by atoms with Gasteiger partial charge in [0, 0.05) is 13.2 Å². The second kappa shape index (κ2) is 6.91. The molecule has 1 aliphatic rings. The SMILES string of the molecule is Cc1ccc(C)c(OCC(=O)NC2(CO)CCOCC2)c1. The van der Waals surface area contributed by atoms with Gasteiger partial charge in [0.05, 0.1) is 12.1 Å². The van der Waals surface area contributed by atoms with Gasteiger partial charge >= 0.3 is 0 Å². The Labute approximate surface area is 125 Å². The van der Waals surface area contributed by atoms with Crippen LogP contribution in [0.5, 0.6) is 5.75 Å². The first-order valence-corrected chi connectivity index (χ1v) is 7.24. The number of hydrogen-bond donors (Lipinski definition) is 2. The first-order valence-electron chi connectivity index (χ1n) is 7.24. The van der Waals surface area contributed by atoms with E-state index in [2.05, 4.69) is 5.32 Å². The van der Waals surface area contributed by atoms with Crippen molar-refractivity contribution in [2.24, 2.45) is 0 Å². The summed E-state index contributed by atoms with van der Waals surface area (Å²) in [7, 11) is 0. The molecule has 1 saturated heterocycles. The average Bonchev–Trinajstić information content (AvgIpc) is 2.49. The van der Waals surface area contributed by atoms with Gasteiger partial charge < -0.3 is 19.9 Å². The summed E-state index contributed by atoms with van der Waals surface area (Å²) in [6, 6.07) is 5.89. The summed E-state index contributed by atoms with van der Waals surface area (Å²) in [5, 5.41) is 12.4. The van der Waals surface area contributed by atoms with Gasteiger partial charge in [-0.2, -0.15) is 0 Å². The maximum Gasteiger partial charge on any atom is 0.258 e. The third-order valence-corrected chi connectivity index (χ3v) is 3.86. The number of carbonyl (C=O) groups is 1. The Balaban J connectivity index is 1.91. The number of benzene rings is 1. The van der Waals surface area contributed by atoms with Crippen molar-refractivity contribution in [2.75, 3.05) is 26.4 Å². The summed E-state index contributed by atoms with van der Waals surface area (Å²) in [5.74, 6) is 0.502. The van der Waals surface area contributed by atoms with Gasteiger partial charge in [0.25, 0.3) is 5.91 Å². The minimum Gasteiger partial charge on any atom is -0.483 e. The molecule has 1 aromatic rings. The van der Waals surface area contributed by atoms with Crippen LogP contribution in [0.15, 0.2) is 18.2 Å². The van der Waals surface area contributed by atoms with Gasteiger partial charge in [-0.05, 0) is 43.9 Å². The molecule has 0 atom stereocenters. The van der Waals surface area contributed by atoms with E-state index < -0.39 is 5.54 Å². The highest BCUT2D eigenvalue weighted by molar-refractivity contribution is 5.78. The highest BCUT2D eigenvalue weighted by atomic mass is 16.5. The standard InChI is InChI=1S/C16H23NO4/c1-12-3-4-13(2)14(9-12)21-10-15(19)17-16(11-18)5-7-20-8-6-16/h3-4,9,18H,5-8,10-11H2,1-2H3,(H,17,19). The van der Waals surface area contributed by atoms with Gasteiger partial charge in [0.15, 0.2) is 6.61 Å². The number of aryl methyl sites for hydroxylation is 2. The minimum absolute atomic E-state index is 0.0487. The molecular weight excluding hydrogens is 270 g/mol. The highest BCUT2D eigenvalue weighted by Gasteiger charge is 2.33. The fraction of sp³-hybridized carbons (Fsp3) is 0.562. The van der Waals surface area contributed by atoms with E-state index in [1.165, 1.54) is 0 Å². The normalized spacial score (nSPS) is 17.3. The van der Waals surface area contributed by atoms with E-state index in [9.17, 15) is 9.90 Å². The summed E-state index contributed by atoms with van der Waals surface area (Å²) >= 11 is 0. The Hall–Kier alpha value is -1.59. The third kappa shape index (κ3) is 4.19. The van der Waals surface area contributed by atoms with Crippen molar-refractivity contribution in [3.63, 3.8) is 0 Å². The molecule has 0 bridgehead atoms. The lowest BCUT2D eigenvalue weighted by molar-refractivity contribution is -0.127. The maximum absolute atomic E-state index is 12.1. The van der Waals surface area contributed by atoms with Crippen LogP contribution < -0.4 is 10.1 Å². The predicted octanol–water partition coefficient (Wildman–Crippen LogP) is 1.34. The zero-order valence-electron chi connectivity index (χ0n) is 12.6. The first kappa shape index (κ1) is 15.8. The molecular formula is C16H23NO4. The van der Waals surface area contributed by atoms with E-state index in [1.807, 2.05) is 32.0 Å². The lowest BCUT2D eigenvalue weighted by Gasteiger charge is -2.36. The van der Waals surface area contributed by atoms with E-state index in [-0.39, 0.29) is 19.1 Å². The van der Waals surface area contributed by atoms with E-state index in [0.29, 0.717) is 26.1 Å². The van der Waals surface area contributed by atoms with Crippen molar-refractivity contribution >= 4 is 5.91 Å². The molecule has 0 unspecified atom stereocenters. The summed E-state index contributed by atoms with van der Waals surface area (Å²) in [4.78, 5) is 12.1. The largest absolute Gasteiger partial charge is 0.483 e. The third-order valence-electron chi connectivity index (χ3n) is 3.86. The van der Waals surface area contributed by atoms with Crippen LogP contribution in [0.25, 0.3) is 0 Å². The maximum atomic E-state index is 12.1. The molecule has 1 aliphatic heterocycles. The van der Waals surface area contributed by atoms with Crippen LogP contribution in [0.3, 0.4) is 0 Å². The molecule has 0 saturated carbocycles. The summed E-state index contributed by atoms with van der Waals surface area (Å²) in [6.45, 7) is 4.91. The van der Waals surface area contributed by atoms with E-state index in [1.54, 1.807) is 0 Å². The highest BCUT2D eigenvalue weighted by Crippen LogP contribution is 2.21. The summed E-state index contributed by atoms with van der Waals surface area (Å²) in [5.41, 5.74) is 1.52. The predicted molar refractivity (Wildman–Crippen MR) is 79.4 cm³/mol. The van der Waals surface area contributed by atoms with Crippen molar-refractivity contribution in [2.45, 2.75) is 32.2 Å². The molecule has 5 heteroatoms. The fourth-order valence-corrected chi connectivity index (χ4v) is 2.42. The molecule has 0 radical (unpaired) electrons. The zero-order chi connectivity index (χ0) is 15.3. The molecule has 1 fully saturated rings. The van der Waals surface area contributed by atoms with Gasteiger partial charge in [0.1, 0.15) is 5.75 Å². The number of rotatable bonds is 5. The Kier molecular flexibility index (Phi) is 5.20. The van der Waals surface area contributed by atoms with Gasteiger partial charge in [-0.1, -0.05) is 12.1 Å². The Morgan fingerprint density at radius 3 is 2.76 bits per heavy atom. The number of nitrogens with one attached hydrogen (secondary N) is 1. The lowest BCUT2D eigenvalue weighted by Crippen LogP contribution is -2.55. The number of aliphatic hydroxyl groups excluding tert-OH is 1. The Morgan fingerprint density at radius 2 is 2.10 bits per heavy atom. The molecule has 1 amide bonds. The van der Waals surface area contributed by atoms with Crippen molar-refractivity contribution in [1.29, 1.82) is 0 Å². The van der Waals surface area contributed by atoms with Crippen LogP contribution in [0.1, 0.15) is 24.0 Å². The smallest absolute Gasteiger partial charge is 0.258 e. The summed E-state index contributed by atoms with van der Waals surface area (Å²) in [6.07, 6.45) is 1.25. The van der Waals surface area contributed by atoms with E-state index in [4.69, 9.17) is 9.47 Å². The molecule has 0 aliphatic carbocycles. The van der Waals surface area contributed by atoms with Crippen LogP contribution in [-0.4, -0.2) is 43.0 Å². The van der Waals surface area contributed by atoms with Gasteiger partial charge in [-0.15, -0.1) is 0 Å². The minimum atomic E-state index is -0.569. The number of carbonyl (C=O) groups excluding carboxylic acids is 1. The topological polar surface area (TPSA) is 67.8 Å². The molecule has 0 spiro atoms. The van der Waals surface area contributed by atoms with E-state index >= 15 is 0 Å². The molecule has 0 aromatic heterocycles. The van der Waals surface area contributed by atoms with Gasteiger partial charge in [-0.25, -0.2) is 0 Å². The van der Waals surface area contributed by atoms with Crippen molar-refractivity contribution in [1.82, 2.24) is 5.32 Å². The lowest BCUT2D eigenvalue weighted by atomic mass is 9.91. The van der Waals surface area contributed by atoms with E-state index in [0.717, 1.165) is 16.9 Å². The number of aliphatic hydroxyl groups is 1. The van der Waals surface area contributed by atoms with Gasteiger partial charge in [0.2, 0.25) is 0 Å². The fourth-order valence-electron chi connectivity index (χ4n) is 2.42. The monoisotopic (exact) mass is 293 g/mol. The Bertz CT molecular complexity index is 495. The van der Waals surface area contributed by atoms with Crippen LogP contribution in [0.4, 0.5) is 0 Å². The molecule has 2 N–H and O–H groups in total. The van der Waals surface area contributed by atoms with Gasteiger partial charge in [-0.3, -0.25) is 4.79 Å². The van der Waals surface area contributed by atoms with Crippen LogP contribution in [0.2, 0.25) is 0 Å². The second-order valence-corrected chi connectivity index (χ2v) is 5.66. The molecule has 116 valence electrons. The molecule has 1 heterocycles. The quantitative estimate of drug-likeness (QED) is 0.859. The van der Waals surface area contributed by atoms with Crippen molar-refractivity contribution < 1.29 is 19.4 Å². The molecule has 2 rings (SSSR count).